The quantitative estimate of drug-likeness (QED) is 0.819. The van der Waals surface area contributed by atoms with Crippen LogP contribution < -0.4 is 0 Å². The third kappa shape index (κ3) is 2.35. The predicted molar refractivity (Wildman–Crippen MR) is 78.8 cm³/mol. The van der Waals surface area contributed by atoms with Gasteiger partial charge in [-0.2, -0.15) is 0 Å². The van der Waals surface area contributed by atoms with Gasteiger partial charge in [-0.3, -0.25) is 9.97 Å². The van der Waals surface area contributed by atoms with Crippen molar-refractivity contribution < 1.29 is 0 Å². The van der Waals surface area contributed by atoms with Crippen LogP contribution in [0.4, 0.5) is 0 Å². The Morgan fingerprint density at radius 2 is 1.33 bits per heavy atom. The van der Waals surface area contributed by atoms with Crippen molar-refractivity contribution in [2.24, 2.45) is 0 Å². The topological polar surface area (TPSA) is 25.8 Å². The molecule has 0 radical (unpaired) electrons. The first-order valence-corrected chi connectivity index (χ1v) is 7.26. The molecule has 0 N–H and O–H groups in total. The lowest BCUT2D eigenvalue weighted by Gasteiger charge is -2.09. The van der Waals surface area contributed by atoms with Crippen LogP contribution in [0.25, 0.3) is 5.57 Å². The summed E-state index contributed by atoms with van der Waals surface area (Å²) in [5, 5.41) is 4.18. The summed E-state index contributed by atoms with van der Waals surface area (Å²) in [6, 6.07) is 11.9. The number of aromatic nitrogens is 2. The van der Waals surface area contributed by atoms with Crippen molar-refractivity contribution in [3.63, 3.8) is 0 Å². The highest BCUT2D eigenvalue weighted by Gasteiger charge is 2.16. The standard InChI is InChI=1S/C14H10N2S2/c1-3-7-15-11(5-1)13(14-17-9-10-18-14)12-6-2-4-8-16-12/h1-10H. The maximum Gasteiger partial charge on any atom is 0.0740 e. The average Bonchev–Trinajstić information content (AvgIpc) is 2.95. The molecule has 2 nitrogen and oxygen atoms in total. The van der Waals surface area contributed by atoms with Crippen molar-refractivity contribution in [1.29, 1.82) is 0 Å². The van der Waals surface area contributed by atoms with Crippen LogP contribution in [0.1, 0.15) is 11.4 Å². The third-order valence-electron chi connectivity index (χ3n) is 2.45. The summed E-state index contributed by atoms with van der Waals surface area (Å²) in [6.45, 7) is 0. The molecule has 1 aliphatic rings. The number of hydrogen-bond acceptors (Lipinski definition) is 4. The van der Waals surface area contributed by atoms with Gasteiger partial charge in [0, 0.05) is 18.0 Å². The van der Waals surface area contributed by atoms with Crippen LogP contribution in [0.2, 0.25) is 0 Å². The highest BCUT2D eigenvalue weighted by molar-refractivity contribution is 8.27. The fourth-order valence-electron chi connectivity index (χ4n) is 1.69. The number of rotatable bonds is 2. The minimum atomic E-state index is 0.968. The molecule has 0 atom stereocenters. The second-order valence-corrected chi connectivity index (χ2v) is 5.69. The Morgan fingerprint density at radius 1 is 0.778 bits per heavy atom. The zero-order chi connectivity index (χ0) is 12.2. The number of thioether (sulfide) groups is 2. The lowest BCUT2D eigenvalue weighted by Crippen LogP contribution is -1.95. The van der Waals surface area contributed by atoms with Crippen molar-refractivity contribution in [3.8, 4) is 0 Å². The first kappa shape index (κ1) is 11.6. The van der Waals surface area contributed by atoms with Gasteiger partial charge in [-0.15, -0.1) is 0 Å². The molecule has 0 fully saturated rings. The lowest BCUT2D eigenvalue weighted by atomic mass is 10.1. The Labute approximate surface area is 114 Å². The van der Waals surface area contributed by atoms with E-state index >= 15 is 0 Å². The van der Waals surface area contributed by atoms with E-state index in [0.717, 1.165) is 17.0 Å². The molecule has 1 aliphatic heterocycles. The minimum Gasteiger partial charge on any atom is -0.256 e. The van der Waals surface area contributed by atoms with E-state index in [1.54, 1.807) is 23.5 Å². The highest BCUT2D eigenvalue weighted by Crippen LogP contribution is 2.44. The lowest BCUT2D eigenvalue weighted by molar-refractivity contribution is 1.22. The summed E-state index contributed by atoms with van der Waals surface area (Å²) in [6.07, 6.45) is 3.63. The van der Waals surface area contributed by atoms with Gasteiger partial charge in [0.25, 0.3) is 0 Å². The van der Waals surface area contributed by atoms with Crippen LogP contribution in [0, 0.1) is 0 Å². The van der Waals surface area contributed by atoms with Crippen LogP contribution in [0.15, 0.2) is 63.8 Å². The van der Waals surface area contributed by atoms with E-state index in [4.69, 9.17) is 0 Å². The molecular formula is C14H10N2S2. The molecule has 0 aliphatic carbocycles. The Morgan fingerprint density at radius 3 is 1.78 bits per heavy atom. The van der Waals surface area contributed by atoms with Crippen molar-refractivity contribution >= 4 is 29.1 Å². The molecule has 18 heavy (non-hydrogen) atoms. The monoisotopic (exact) mass is 270 g/mol. The second kappa shape index (κ2) is 5.42. The van der Waals surface area contributed by atoms with E-state index in [2.05, 4.69) is 20.8 Å². The summed E-state index contributed by atoms with van der Waals surface area (Å²) >= 11 is 3.44. The normalized spacial score (nSPS) is 13.9. The Balaban J connectivity index is 2.14. The molecule has 0 amide bonds. The molecule has 2 aromatic heterocycles. The Hall–Kier alpha value is -1.52. The van der Waals surface area contributed by atoms with Gasteiger partial charge in [0.05, 0.1) is 15.6 Å². The van der Waals surface area contributed by atoms with E-state index in [9.17, 15) is 0 Å². The molecule has 0 unspecified atom stereocenters. The Kier molecular flexibility index (Phi) is 3.48. The van der Waals surface area contributed by atoms with Crippen molar-refractivity contribution in [2.75, 3.05) is 0 Å². The van der Waals surface area contributed by atoms with Crippen LogP contribution in [-0.4, -0.2) is 9.97 Å². The van der Waals surface area contributed by atoms with E-state index < -0.39 is 0 Å². The molecule has 2 aromatic rings. The van der Waals surface area contributed by atoms with Crippen molar-refractivity contribution in [1.82, 2.24) is 9.97 Å². The molecule has 0 bridgehead atoms. The molecule has 88 valence electrons. The maximum atomic E-state index is 4.45. The summed E-state index contributed by atoms with van der Waals surface area (Å²) in [5.74, 6) is 0. The average molecular weight is 270 g/mol. The predicted octanol–water partition coefficient (Wildman–Crippen LogP) is 4.14. The van der Waals surface area contributed by atoms with Crippen molar-refractivity contribution in [3.05, 3.63) is 75.2 Å². The van der Waals surface area contributed by atoms with Crippen molar-refractivity contribution in [2.45, 2.75) is 0 Å². The first-order chi connectivity index (χ1) is 8.95. The summed E-state index contributed by atoms with van der Waals surface area (Å²) in [4.78, 5) is 8.90. The second-order valence-electron chi connectivity index (χ2n) is 3.60. The van der Waals surface area contributed by atoms with E-state index in [1.807, 2.05) is 48.8 Å². The van der Waals surface area contributed by atoms with Crippen LogP contribution in [0.3, 0.4) is 0 Å². The fraction of sp³-hybridized carbons (Fsp3) is 0. The summed E-state index contributed by atoms with van der Waals surface area (Å²) in [7, 11) is 0. The largest absolute Gasteiger partial charge is 0.256 e. The molecule has 0 aromatic carbocycles. The number of nitrogens with zero attached hydrogens (tertiary/aromatic N) is 2. The minimum absolute atomic E-state index is 0.968. The van der Waals surface area contributed by atoms with Crippen LogP contribution in [0.5, 0.6) is 0 Å². The SMILES string of the molecule is C1=CSC(=C(c2ccccn2)c2ccccn2)S1. The van der Waals surface area contributed by atoms with Gasteiger partial charge in [0.2, 0.25) is 0 Å². The third-order valence-corrected chi connectivity index (χ3v) is 4.58. The van der Waals surface area contributed by atoms with Crippen LogP contribution >= 0.6 is 23.5 Å². The molecule has 3 rings (SSSR count). The Bertz CT molecular complexity index is 540. The highest BCUT2D eigenvalue weighted by atomic mass is 32.2. The van der Waals surface area contributed by atoms with E-state index in [1.165, 1.54) is 4.24 Å². The number of pyridine rings is 2. The van der Waals surface area contributed by atoms with Gasteiger partial charge in [-0.25, -0.2) is 0 Å². The zero-order valence-electron chi connectivity index (χ0n) is 9.48. The van der Waals surface area contributed by atoms with Gasteiger partial charge in [-0.1, -0.05) is 35.7 Å². The van der Waals surface area contributed by atoms with Gasteiger partial charge >= 0.3 is 0 Å². The molecule has 0 spiro atoms. The zero-order valence-corrected chi connectivity index (χ0v) is 11.1. The van der Waals surface area contributed by atoms with Gasteiger partial charge < -0.3 is 0 Å². The van der Waals surface area contributed by atoms with E-state index in [-0.39, 0.29) is 0 Å². The van der Waals surface area contributed by atoms with Gasteiger partial charge in [0.1, 0.15) is 0 Å². The van der Waals surface area contributed by atoms with Gasteiger partial charge in [-0.05, 0) is 35.1 Å². The first-order valence-electron chi connectivity index (χ1n) is 5.50. The smallest absolute Gasteiger partial charge is 0.0740 e. The summed E-state index contributed by atoms with van der Waals surface area (Å²) in [5.41, 5.74) is 3.04. The molecular weight excluding hydrogens is 260 g/mol. The number of hydrogen-bond donors (Lipinski definition) is 0. The summed E-state index contributed by atoms with van der Waals surface area (Å²) < 4.78 is 1.23. The molecule has 0 saturated carbocycles. The molecule has 0 saturated heterocycles. The van der Waals surface area contributed by atoms with Crippen LogP contribution in [-0.2, 0) is 0 Å². The molecule has 4 heteroatoms. The van der Waals surface area contributed by atoms with Gasteiger partial charge in [0.15, 0.2) is 0 Å². The van der Waals surface area contributed by atoms with E-state index in [0.29, 0.717) is 0 Å². The molecule has 3 heterocycles. The maximum absolute atomic E-state index is 4.45. The fourth-order valence-corrected chi connectivity index (χ4v) is 3.59.